The minimum Gasteiger partial charge on any atom is -0.465 e. The van der Waals surface area contributed by atoms with Crippen LogP contribution in [-0.4, -0.2) is 37.2 Å². The average molecular weight is 303 g/mol. The van der Waals surface area contributed by atoms with E-state index in [0.29, 0.717) is 16.8 Å². The number of methoxy groups -OCH3 is 1. The fourth-order valence-corrected chi connectivity index (χ4v) is 2.57. The number of likely N-dealkylation sites (N-methyl/N-ethyl adjacent to an activating group) is 1. The predicted molar refractivity (Wildman–Crippen MR) is 83.7 cm³/mol. The molecule has 1 aromatic rings. The first-order valence-electron chi connectivity index (χ1n) is 6.43. The molecule has 21 heavy (non-hydrogen) atoms. The van der Waals surface area contributed by atoms with Crippen LogP contribution in [0.3, 0.4) is 0 Å². The monoisotopic (exact) mass is 303 g/mol. The van der Waals surface area contributed by atoms with Gasteiger partial charge in [-0.25, -0.2) is 4.79 Å². The average Bonchev–Trinajstić information content (AvgIpc) is 2.72. The fraction of sp³-hybridized carbons (Fsp3) is 0.250. The van der Waals surface area contributed by atoms with E-state index < -0.39 is 5.97 Å². The van der Waals surface area contributed by atoms with Gasteiger partial charge in [0, 0.05) is 17.6 Å². The molecule has 1 aliphatic rings. The Morgan fingerprint density at radius 3 is 2.43 bits per heavy atom. The predicted octanol–water partition coefficient (Wildman–Crippen LogP) is 2.71. The lowest BCUT2D eigenvalue weighted by molar-refractivity contribution is -0.136. The van der Waals surface area contributed by atoms with Crippen LogP contribution in [0.5, 0.6) is 0 Å². The largest absolute Gasteiger partial charge is 0.465 e. The highest BCUT2D eigenvalue weighted by Crippen LogP contribution is 2.30. The Kier molecular flexibility index (Phi) is 4.53. The number of nitrogens with zero attached hydrogens (tertiary/aromatic N) is 1. The van der Waals surface area contributed by atoms with E-state index >= 15 is 0 Å². The molecule has 1 aromatic carbocycles. The van der Waals surface area contributed by atoms with Gasteiger partial charge in [0.15, 0.2) is 0 Å². The molecule has 0 fully saturated rings. The number of esters is 1. The van der Waals surface area contributed by atoms with Gasteiger partial charge in [-0.2, -0.15) is 0 Å². The molecule has 0 unspecified atom stereocenters. The number of ether oxygens (including phenoxy) is 1. The lowest BCUT2D eigenvalue weighted by Crippen LogP contribution is -2.19. The third kappa shape index (κ3) is 2.88. The Morgan fingerprint density at radius 1 is 1.29 bits per heavy atom. The molecular formula is C16H17NO3S. The summed E-state index contributed by atoms with van der Waals surface area (Å²) in [4.78, 5) is 26.8. The Labute approximate surface area is 128 Å². The third-order valence-electron chi connectivity index (χ3n) is 3.49. The van der Waals surface area contributed by atoms with Gasteiger partial charge in [-0.1, -0.05) is 12.1 Å². The Morgan fingerprint density at radius 2 is 1.90 bits per heavy atom. The van der Waals surface area contributed by atoms with Gasteiger partial charge < -0.3 is 9.64 Å². The number of allylic oxidation sites excluding steroid dienone is 1. The van der Waals surface area contributed by atoms with Gasteiger partial charge >= 0.3 is 5.97 Å². The standard InChI is InChI=1S/C16H17NO3S/c1-10-14(16(19)20-3)13(15(18)17(10)2)9-11-5-7-12(21-4)8-6-11/h5-9H,1-4H3/b13-9+. The highest BCUT2D eigenvalue weighted by atomic mass is 32.2. The summed E-state index contributed by atoms with van der Waals surface area (Å²) in [7, 11) is 2.97. The molecule has 1 heterocycles. The summed E-state index contributed by atoms with van der Waals surface area (Å²) in [6, 6.07) is 7.81. The van der Waals surface area contributed by atoms with Gasteiger partial charge in [0.2, 0.25) is 0 Å². The highest BCUT2D eigenvalue weighted by molar-refractivity contribution is 7.98. The van der Waals surface area contributed by atoms with Crippen LogP contribution in [0.15, 0.2) is 46.0 Å². The van der Waals surface area contributed by atoms with Crippen molar-refractivity contribution >= 4 is 29.7 Å². The van der Waals surface area contributed by atoms with Gasteiger partial charge in [-0.3, -0.25) is 4.79 Å². The van der Waals surface area contributed by atoms with E-state index in [1.54, 1.807) is 31.8 Å². The SMILES string of the molecule is COC(=O)C1=C(C)N(C)C(=O)/C1=C/c1ccc(SC)cc1. The Hall–Kier alpha value is -2.01. The molecular weight excluding hydrogens is 286 g/mol. The van der Waals surface area contributed by atoms with Crippen LogP contribution in [0, 0.1) is 0 Å². The maximum absolute atomic E-state index is 12.3. The van der Waals surface area contributed by atoms with Gasteiger partial charge in [0.25, 0.3) is 5.91 Å². The van der Waals surface area contributed by atoms with Gasteiger partial charge in [0.1, 0.15) is 0 Å². The summed E-state index contributed by atoms with van der Waals surface area (Å²) in [5, 5.41) is 0. The molecule has 0 atom stereocenters. The number of benzene rings is 1. The van der Waals surface area contributed by atoms with E-state index in [9.17, 15) is 9.59 Å². The first-order valence-corrected chi connectivity index (χ1v) is 7.65. The molecule has 0 spiro atoms. The van der Waals surface area contributed by atoms with E-state index in [-0.39, 0.29) is 5.91 Å². The molecule has 0 N–H and O–H groups in total. The van der Waals surface area contributed by atoms with Gasteiger partial charge in [-0.05, 0) is 37.0 Å². The van der Waals surface area contributed by atoms with Crippen molar-refractivity contribution in [3.05, 3.63) is 46.7 Å². The first kappa shape index (κ1) is 15.4. The second-order valence-corrected chi connectivity index (χ2v) is 5.53. The zero-order chi connectivity index (χ0) is 15.6. The smallest absolute Gasteiger partial charge is 0.340 e. The van der Waals surface area contributed by atoms with E-state index in [1.165, 1.54) is 12.0 Å². The van der Waals surface area contributed by atoms with Crippen LogP contribution >= 0.6 is 11.8 Å². The maximum atomic E-state index is 12.3. The number of carbonyl (C=O) groups is 2. The van der Waals surface area contributed by atoms with Gasteiger partial charge in [0.05, 0.1) is 18.3 Å². The summed E-state index contributed by atoms with van der Waals surface area (Å²) in [5.74, 6) is -0.681. The quantitative estimate of drug-likeness (QED) is 0.489. The van der Waals surface area contributed by atoms with Crippen molar-refractivity contribution in [1.29, 1.82) is 0 Å². The van der Waals surface area contributed by atoms with E-state index in [0.717, 1.165) is 10.5 Å². The number of thioether (sulfide) groups is 1. The van der Waals surface area contributed by atoms with Crippen molar-refractivity contribution in [2.24, 2.45) is 0 Å². The molecule has 4 nitrogen and oxygen atoms in total. The Bertz CT molecular complexity index is 644. The molecule has 0 saturated heterocycles. The second-order valence-electron chi connectivity index (χ2n) is 4.65. The maximum Gasteiger partial charge on any atom is 0.340 e. The summed E-state index contributed by atoms with van der Waals surface area (Å²) in [5.41, 5.74) is 2.19. The highest BCUT2D eigenvalue weighted by Gasteiger charge is 2.34. The summed E-state index contributed by atoms with van der Waals surface area (Å²) in [6.45, 7) is 1.74. The number of hydrogen-bond acceptors (Lipinski definition) is 4. The van der Waals surface area contributed by atoms with E-state index in [1.807, 2.05) is 30.5 Å². The third-order valence-corrected chi connectivity index (χ3v) is 4.23. The number of carbonyl (C=O) groups excluding carboxylic acids is 2. The zero-order valence-corrected chi connectivity index (χ0v) is 13.3. The second kappa shape index (κ2) is 6.18. The van der Waals surface area contributed by atoms with Crippen molar-refractivity contribution in [2.45, 2.75) is 11.8 Å². The molecule has 0 aromatic heterocycles. The van der Waals surface area contributed by atoms with E-state index in [2.05, 4.69) is 0 Å². The normalized spacial score (nSPS) is 16.9. The van der Waals surface area contributed by atoms with Crippen LogP contribution in [-0.2, 0) is 14.3 Å². The van der Waals surface area contributed by atoms with Crippen molar-refractivity contribution in [3.8, 4) is 0 Å². The molecule has 0 bridgehead atoms. The number of amides is 1. The van der Waals surface area contributed by atoms with Crippen LogP contribution in [0.25, 0.3) is 6.08 Å². The van der Waals surface area contributed by atoms with E-state index in [4.69, 9.17) is 4.74 Å². The fourth-order valence-electron chi connectivity index (χ4n) is 2.16. The number of rotatable bonds is 3. The Balaban J connectivity index is 2.46. The summed E-state index contributed by atoms with van der Waals surface area (Å²) < 4.78 is 4.79. The molecule has 5 heteroatoms. The van der Waals surface area contributed by atoms with Crippen LogP contribution in [0.4, 0.5) is 0 Å². The lowest BCUT2D eigenvalue weighted by atomic mass is 10.0. The molecule has 2 rings (SSSR count). The van der Waals surface area contributed by atoms with Gasteiger partial charge in [-0.15, -0.1) is 11.8 Å². The zero-order valence-electron chi connectivity index (χ0n) is 12.5. The molecule has 0 radical (unpaired) electrons. The topological polar surface area (TPSA) is 46.6 Å². The molecule has 110 valence electrons. The summed E-state index contributed by atoms with van der Waals surface area (Å²) in [6.07, 6.45) is 3.73. The van der Waals surface area contributed by atoms with Crippen molar-refractivity contribution in [2.75, 3.05) is 20.4 Å². The van der Waals surface area contributed by atoms with Crippen molar-refractivity contribution in [1.82, 2.24) is 4.90 Å². The lowest BCUT2D eigenvalue weighted by Gasteiger charge is -2.08. The first-order chi connectivity index (χ1) is 9.99. The van der Waals surface area contributed by atoms with Crippen molar-refractivity contribution < 1.29 is 14.3 Å². The van der Waals surface area contributed by atoms with Crippen molar-refractivity contribution in [3.63, 3.8) is 0 Å². The number of hydrogen-bond donors (Lipinski definition) is 0. The molecule has 1 aliphatic heterocycles. The van der Waals surface area contributed by atoms with Crippen LogP contribution in [0.2, 0.25) is 0 Å². The van der Waals surface area contributed by atoms with Crippen LogP contribution in [0.1, 0.15) is 12.5 Å². The molecule has 0 saturated carbocycles. The molecule has 0 aliphatic carbocycles. The minimum absolute atomic E-state index is 0.193. The minimum atomic E-state index is -0.489. The molecule has 1 amide bonds. The summed E-state index contributed by atoms with van der Waals surface area (Å²) >= 11 is 1.65. The van der Waals surface area contributed by atoms with Crippen LogP contribution < -0.4 is 0 Å².